The van der Waals surface area contributed by atoms with Gasteiger partial charge in [-0.15, -0.1) is 0 Å². The molecule has 0 fully saturated rings. The molecule has 1 nitrogen and oxygen atoms in total. The van der Waals surface area contributed by atoms with E-state index in [4.69, 9.17) is 0 Å². The molecular formula is C17H18F2O. The minimum atomic E-state index is -1.08. The van der Waals surface area contributed by atoms with Crippen molar-refractivity contribution in [3.63, 3.8) is 0 Å². The lowest BCUT2D eigenvalue weighted by molar-refractivity contribution is 0.214. The summed E-state index contributed by atoms with van der Waals surface area (Å²) in [5.74, 6) is -1.32. The van der Waals surface area contributed by atoms with Gasteiger partial charge in [0.05, 0.1) is 0 Å². The predicted octanol–water partition coefficient (Wildman–Crippen LogP) is 4.31. The van der Waals surface area contributed by atoms with Crippen molar-refractivity contribution in [1.29, 1.82) is 0 Å². The number of benzene rings is 2. The monoisotopic (exact) mass is 276 g/mol. The molecule has 0 heterocycles. The van der Waals surface area contributed by atoms with Crippen LogP contribution in [-0.4, -0.2) is 5.11 Å². The fraction of sp³-hybridized carbons (Fsp3) is 0.294. The van der Waals surface area contributed by atoms with E-state index in [-0.39, 0.29) is 5.56 Å². The van der Waals surface area contributed by atoms with Gasteiger partial charge in [0.15, 0.2) is 0 Å². The number of aliphatic hydroxyl groups is 1. The van der Waals surface area contributed by atoms with E-state index in [1.54, 1.807) is 19.1 Å². The van der Waals surface area contributed by atoms with Crippen molar-refractivity contribution in [2.45, 2.75) is 32.8 Å². The minimum absolute atomic E-state index is 0.104. The molecule has 20 heavy (non-hydrogen) atoms. The Kier molecular flexibility index (Phi) is 4.50. The maximum atomic E-state index is 13.8. The van der Waals surface area contributed by atoms with E-state index in [0.717, 1.165) is 18.9 Å². The quantitative estimate of drug-likeness (QED) is 0.882. The molecule has 1 atom stereocenters. The van der Waals surface area contributed by atoms with Crippen LogP contribution in [0.1, 0.15) is 41.7 Å². The summed E-state index contributed by atoms with van der Waals surface area (Å²) in [4.78, 5) is 0. The van der Waals surface area contributed by atoms with Crippen molar-refractivity contribution in [3.8, 4) is 0 Å². The average Bonchev–Trinajstić information content (AvgIpc) is 2.43. The van der Waals surface area contributed by atoms with Crippen molar-refractivity contribution in [1.82, 2.24) is 0 Å². The Balaban J connectivity index is 2.31. The Hall–Kier alpha value is -1.74. The fourth-order valence-electron chi connectivity index (χ4n) is 2.22. The lowest BCUT2D eigenvalue weighted by Gasteiger charge is -2.14. The summed E-state index contributed by atoms with van der Waals surface area (Å²) in [5.41, 5.74) is 2.21. The molecule has 106 valence electrons. The largest absolute Gasteiger partial charge is 0.384 e. The standard InChI is InChI=1S/C17H18F2O/c1-3-4-12-5-7-13(8-6-12)17(20)14-9-11(2)15(18)10-16(14)19/h5-10,17,20H,3-4H2,1-2H3. The first-order valence-corrected chi connectivity index (χ1v) is 6.75. The smallest absolute Gasteiger partial charge is 0.132 e. The van der Waals surface area contributed by atoms with Crippen molar-refractivity contribution in [3.05, 3.63) is 70.3 Å². The lowest BCUT2D eigenvalue weighted by Crippen LogP contribution is -2.04. The Bertz CT molecular complexity index is 591. The van der Waals surface area contributed by atoms with Gasteiger partial charge in [-0.05, 0) is 36.1 Å². The summed E-state index contributed by atoms with van der Waals surface area (Å²) in [6.45, 7) is 3.65. The first-order valence-electron chi connectivity index (χ1n) is 6.75. The highest BCUT2D eigenvalue weighted by atomic mass is 19.1. The van der Waals surface area contributed by atoms with E-state index in [1.807, 2.05) is 12.1 Å². The number of hydrogen-bond acceptors (Lipinski definition) is 1. The third-order valence-electron chi connectivity index (χ3n) is 3.41. The maximum Gasteiger partial charge on any atom is 0.132 e. The Morgan fingerprint density at radius 1 is 1.05 bits per heavy atom. The summed E-state index contributed by atoms with van der Waals surface area (Å²) in [6.07, 6.45) is 0.943. The number of aliphatic hydroxyl groups excluding tert-OH is 1. The van der Waals surface area contributed by atoms with Gasteiger partial charge in [0, 0.05) is 11.6 Å². The molecule has 1 N–H and O–H groups in total. The first-order chi connectivity index (χ1) is 9.52. The van der Waals surface area contributed by atoms with Crippen LogP contribution in [0.25, 0.3) is 0 Å². The minimum Gasteiger partial charge on any atom is -0.384 e. The van der Waals surface area contributed by atoms with Crippen molar-refractivity contribution >= 4 is 0 Å². The summed E-state index contributed by atoms with van der Waals surface area (Å²) in [7, 11) is 0. The highest BCUT2D eigenvalue weighted by Crippen LogP contribution is 2.26. The molecule has 0 amide bonds. The van der Waals surface area contributed by atoms with Gasteiger partial charge in [0.1, 0.15) is 17.7 Å². The Morgan fingerprint density at radius 2 is 1.70 bits per heavy atom. The summed E-state index contributed by atoms with van der Waals surface area (Å²) in [5, 5.41) is 10.2. The zero-order valence-electron chi connectivity index (χ0n) is 11.7. The van der Waals surface area contributed by atoms with Crippen LogP contribution in [0.15, 0.2) is 36.4 Å². The van der Waals surface area contributed by atoms with Crippen LogP contribution in [0.3, 0.4) is 0 Å². The van der Waals surface area contributed by atoms with Gasteiger partial charge in [-0.1, -0.05) is 37.6 Å². The molecule has 0 aromatic heterocycles. The molecule has 2 rings (SSSR count). The highest BCUT2D eigenvalue weighted by molar-refractivity contribution is 5.35. The lowest BCUT2D eigenvalue weighted by atomic mass is 9.97. The zero-order valence-corrected chi connectivity index (χ0v) is 11.7. The fourth-order valence-corrected chi connectivity index (χ4v) is 2.22. The number of aryl methyl sites for hydroxylation is 2. The van der Waals surface area contributed by atoms with Crippen LogP contribution in [0.4, 0.5) is 8.78 Å². The third kappa shape index (κ3) is 3.05. The van der Waals surface area contributed by atoms with Gasteiger partial charge >= 0.3 is 0 Å². The van der Waals surface area contributed by atoms with Gasteiger partial charge < -0.3 is 5.11 Å². The average molecular weight is 276 g/mol. The molecule has 1 unspecified atom stereocenters. The van der Waals surface area contributed by atoms with E-state index in [1.165, 1.54) is 11.6 Å². The van der Waals surface area contributed by atoms with Gasteiger partial charge in [-0.3, -0.25) is 0 Å². The topological polar surface area (TPSA) is 20.2 Å². The molecular weight excluding hydrogens is 258 g/mol. The summed E-state index contributed by atoms with van der Waals surface area (Å²) in [6, 6.07) is 9.60. The molecule has 3 heteroatoms. The second-order valence-corrected chi connectivity index (χ2v) is 5.02. The van der Waals surface area contributed by atoms with Gasteiger partial charge in [-0.2, -0.15) is 0 Å². The normalized spacial score (nSPS) is 12.4. The Morgan fingerprint density at radius 3 is 2.30 bits per heavy atom. The molecule has 0 saturated carbocycles. The first kappa shape index (κ1) is 14.7. The third-order valence-corrected chi connectivity index (χ3v) is 3.41. The second-order valence-electron chi connectivity index (χ2n) is 5.02. The summed E-state index contributed by atoms with van der Waals surface area (Å²) >= 11 is 0. The van der Waals surface area contributed by atoms with Gasteiger partial charge in [0.2, 0.25) is 0 Å². The number of halogens is 2. The molecule has 0 bridgehead atoms. The zero-order chi connectivity index (χ0) is 14.7. The molecule has 2 aromatic rings. The molecule has 0 aliphatic heterocycles. The van der Waals surface area contributed by atoms with Crippen molar-refractivity contribution in [2.24, 2.45) is 0 Å². The van der Waals surface area contributed by atoms with Gasteiger partial charge in [-0.25, -0.2) is 8.78 Å². The van der Waals surface area contributed by atoms with Crippen LogP contribution < -0.4 is 0 Å². The van der Waals surface area contributed by atoms with E-state index < -0.39 is 17.7 Å². The molecule has 0 aliphatic rings. The van der Waals surface area contributed by atoms with E-state index in [0.29, 0.717) is 11.1 Å². The van der Waals surface area contributed by atoms with Crippen LogP contribution in [0, 0.1) is 18.6 Å². The van der Waals surface area contributed by atoms with Crippen LogP contribution in [-0.2, 0) is 6.42 Å². The second kappa shape index (κ2) is 6.14. The molecule has 0 saturated heterocycles. The molecule has 2 aromatic carbocycles. The molecule has 0 spiro atoms. The van der Waals surface area contributed by atoms with Crippen molar-refractivity contribution in [2.75, 3.05) is 0 Å². The van der Waals surface area contributed by atoms with Crippen LogP contribution >= 0.6 is 0 Å². The number of hydrogen-bond donors (Lipinski definition) is 1. The number of rotatable bonds is 4. The van der Waals surface area contributed by atoms with Gasteiger partial charge in [0.25, 0.3) is 0 Å². The van der Waals surface area contributed by atoms with E-state index in [9.17, 15) is 13.9 Å². The maximum absolute atomic E-state index is 13.8. The SMILES string of the molecule is CCCc1ccc(C(O)c2cc(C)c(F)cc2F)cc1. The predicted molar refractivity (Wildman–Crippen MR) is 75.6 cm³/mol. The molecule has 0 aliphatic carbocycles. The van der Waals surface area contributed by atoms with Crippen LogP contribution in [0.5, 0.6) is 0 Å². The van der Waals surface area contributed by atoms with Crippen LogP contribution in [0.2, 0.25) is 0 Å². The highest BCUT2D eigenvalue weighted by Gasteiger charge is 2.17. The van der Waals surface area contributed by atoms with E-state index in [2.05, 4.69) is 6.92 Å². The Labute approximate surface area is 117 Å². The van der Waals surface area contributed by atoms with Crippen molar-refractivity contribution < 1.29 is 13.9 Å². The summed E-state index contributed by atoms with van der Waals surface area (Å²) < 4.78 is 27.0. The molecule has 0 radical (unpaired) electrons. The van der Waals surface area contributed by atoms with E-state index >= 15 is 0 Å².